The number of nitrogens with one attached hydrogen (secondary N) is 1. The average molecular weight is 282 g/mol. The number of carbonyl (C=O) groups excluding carboxylic acids is 1. The highest BCUT2D eigenvalue weighted by Crippen LogP contribution is 2.14. The summed E-state index contributed by atoms with van der Waals surface area (Å²) in [5.74, 6) is 0.559. The van der Waals surface area contributed by atoms with Crippen molar-refractivity contribution in [3.63, 3.8) is 0 Å². The van der Waals surface area contributed by atoms with E-state index in [0.29, 0.717) is 17.8 Å². The number of nitrogens with two attached hydrogens (primary N) is 1. The highest BCUT2D eigenvalue weighted by atomic mass is 32.1. The summed E-state index contributed by atoms with van der Waals surface area (Å²) in [7, 11) is 1.75. The third-order valence-corrected chi connectivity index (χ3v) is 3.19. The minimum Gasteiger partial charge on any atom is -0.389 e. The van der Waals surface area contributed by atoms with E-state index in [1.54, 1.807) is 17.9 Å². The Morgan fingerprint density at radius 2 is 2.11 bits per heavy atom. The smallest absolute Gasteiger partial charge is 0.225 e. The highest BCUT2D eigenvalue weighted by Gasteiger charge is 2.13. The topological polar surface area (TPSA) is 72.9 Å². The Kier molecular flexibility index (Phi) is 6.49. The van der Waals surface area contributed by atoms with Crippen LogP contribution in [0.4, 0.5) is 5.82 Å². The third-order valence-electron chi connectivity index (χ3n) is 2.97. The van der Waals surface area contributed by atoms with Gasteiger partial charge in [-0.05, 0) is 6.42 Å². The Hall–Kier alpha value is -1.43. The van der Waals surface area contributed by atoms with Gasteiger partial charge in [0.1, 0.15) is 10.8 Å². The van der Waals surface area contributed by atoms with E-state index in [4.69, 9.17) is 18.0 Å². The van der Waals surface area contributed by atoms with E-state index >= 15 is 0 Å². The largest absolute Gasteiger partial charge is 0.389 e. The first-order valence-corrected chi connectivity index (χ1v) is 7.08. The number of nitrogens with zero attached hydrogens (tertiary/aromatic N) is 2. The summed E-state index contributed by atoms with van der Waals surface area (Å²) >= 11 is 4.92. The molecule has 0 aliphatic rings. The van der Waals surface area contributed by atoms with Gasteiger partial charge in [-0.15, -0.1) is 0 Å². The maximum Gasteiger partial charge on any atom is 0.225 e. The van der Waals surface area contributed by atoms with Crippen LogP contribution in [0.5, 0.6) is 0 Å². The molecule has 106 valence electrons. The third kappa shape index (κ3) is 4.98. The lowest BCUT2D eigenvalue weighted by Gasteiger charge is -2.07. The number of hydrogen-bond donors (Lipinski definition) is 2. The van der Waals surface area contributed by atoms with Gasteiger partial charge in [0, 0.05) is 13.5 Å². The van der Waals surface area contributed by atoms with Gasteiger partial charge in [-0.2, -0.15) is 5.10 Å². The van der Waals surface area contributed by atoms with Crippen LogP contribution in [0, 0.1) is 0 Å². The van der Waals surface area contributed by atoms with Crippen LogP contribution < -0.4 is 11.1 Å². The van der Waals surface area contributed by atoms with Crippen molar-refractivity contribution in [3.8, 4) is 0 Å². The Morgan fingerprint density at radius 1 is 1.42 bits per heavy atom. The fourth-order valence-corrected chi connectivity index (χ4v) is 2.00. The molecule has 0 bridgehead atoms. The van der Waals surface area contributed by atoms with Gasteiger partial charge in [0.05, 0.1) is 11.8 Å². The van der Waals surface area contributed by atoms with Crippen LogP contribution >= 0.6 is 12.2 Å². The van der Waals surface area contributed by atoms with Gasteiger partial charge in [-0.3, -0.25) is 9.48 Å². The van der Waals surface area contributed by atoms with Crippen molar-refractivity contribution in [1.82, 2.24) is 9.78 Å². The predicted molar refractivity (Wildman–Crippen MR) is 81.1 cm³/mol. The van der Waals surface area contributed by atoms with Gasteiger partial charge >= 0.3 is 0 Å². The molecule has 0 saturated heterocycles. The lowest BCUT2D eigenvalue weighted by molar-refractivity contribution is -0.116. The first-order valence-electron chi connectivity index (χ1n) is 6.68. The number of aromatic nitrogens is 2. The summed E-state index contributed by atoms with van der Waals surface area (Å²) in [6, 6.07) is 0. The summed E-state index contributed by atoms with van der Waals surface area (Å²) in [6.07, 6.45) is 7.72. The van der Waals surface area contributed by atoms with E-state index < -0.39 is 0 Å². The predicted octanol–water partition coefficient (Wildman–Crippen LogP) is 2.35. The molecule has 0 aromatic carbocycles. The molecule has 1 aromatic rings. The molecule has 1 rings (SSSR count). The molecule has 3 N–H and O–H groups in total. The number of rotatable bonds is 8. The maximum absolute atomic E-state index is 11.8. The molecular weight excluding hydrogens is 260 g/mol. The Balaban J connectivity index is 2.44. The molecule has 0 aliphatic carbocycles. The second-order valence-electron chi connectivity index (χ2n) is 4.61. The van der Waals surface area contributed by atoms with Gasteiger partial charge in [0.15, 0.2) is 0 Å². The molecule has 6 heteroatoms. The second-order valence-corrected chi connectivity index (χ2v) is 5.05. The van der Waals surface area contributed by atoms with E-state index in [9.17, 15) is 4.79 Å². The molecule has 0 aliphatic heterocycles. The van der Waals surface area contributed by atoms with Crippen LogP contribution in [0.2, 0.25) is 0 Å². The molecule has 1 aromatic heterocycles. The lowest BCUT2D eigenvalue weighted by atomic mass is 10.1. The monoisotopic (exact) mass is 282 g/mol. The molecule has 1 amide bonds. The zero-order chi connectivity index (χ0) is 14.3. The number of carbonyl (C=O) groups is 1. The molecule has 0 spiro atoms. The van der Waals surface area contributed by atoms with Crippen molar-refractivity contribution in [2.24, 2.45) is 12.8 Å². The second kappa shape index (κ2) is 7.89. The lowest BCUT2D eigenvalue weighted by Crippen LogP contribution is -2.18. The summed E-state index contributed by atoms with van der Waals surface area (Å²) in [5, 5.41) is 6.87. The van der Waals surface area contributed by atoms with Gasteiger partial charge in [0.2, 0.25) is 5.91 Å². The maximum atomic E-state index is 11.8. The Morgan fingerprint density at radius 3 is 2.74 bits per heavy atom. The molecular formula is C13H22N4OS. The van der Waals surface area contributed by atoms with Crippen LogP contribution in [0.15, 0.2) is 6.20 Å². The van der Waals surface area contributed by atoms with Crippen LogP contribution in [0.3, 0.4) is 0 Å². The quantitative estimate of drug-likeness (QED) is 0.567. The van der Waals surface area contributed by atoms with Gasteiger partial charge in [0.25, 0.3) is 0 Å². The van der Waals surface area contributed by atoms with E-state index in [1.807, 2.05) is 0 Å². The Bertz CT molecular complexity index is 442. The minimum absolute atomic E-state index is 0.0161. The summed E-state index contributed by atoms with van der Waals surface area (Å²) < 4.78 is 1.57. The fourth-order valence-electron chi connectivity index (χ4n) is 1.85. The summed E-state index contributed by atoms with van der Waals surface area (Å²) in [5.41, 5.74) is 6.19. The van der Waals surface area contributed by atoms with E-state index in [-0.39, 0.29) is 10.9 Å². The molecule has 0 unspecified atom stereocenters. The standard InChI is InChI=1S/C13H22N4OS/c1-3-4-5-6-7-8-11(18)16-13-10(12(14)19)9-15-17(13)2/h9H,3-8H2,1-2H3,(H2,14,19)(H,16,18). The van der Waals surface area contributed by atoms with Crippen LogP contribution in [0.25, 0.3) is 0 Å². The molecule has 5 nitrogen and oxygen atoms in total. The SMILES string of the molecule is CCCCCCCC(=O)Nc1c(C(N)=S)cnn1C. The zero-order valence-electron chi connectivity index (χ0n) is 11.6. The zero-order valence-corrected chi connectivity index (χ0v) is 12.4. The summed E-state index contributed by atoms with van der Waals surface area (Å²) in [6.45, 7) is 2.17. The summed E-state index contributed by atoms with van der Waals surface area (Å²) in [4.78, 5) is 12.1. The van der Waals surface area contributed by atoms with Crippen molar-refractivity contribution in [2.45, 2.75) is 45.4 Å². The number of hydrogen-bond acceptors (Lipinski definition) is 3. The van der Waals surface area contributed by atoms with E-state index in [0.717, 1.165) is 12.8 Å². The van der Waals surface area contributed by atoms with Crippen LogP contribution in [-0.2, 0) is 11.8 Å². The highest BCUT2D eigenvalue weighted by molar-refractivity contribution is 7.80. The fraction of sp³-hybridized carbons (Fsp3) is 0.615. The normalized spacial score (nSPS) is 10.4. The Labute approximate surface area is 119 Å². The van der Waals surface area contributed by atoms with Crippen LogP contribution in [-0.4, -0.2) is 20.7 Å². The molecule has 0 atom stereocenters. The van der Waals surface area contributed by atoms with E-state index in [2.05, 4.69) is 17.3 Å². The van der Waals surface area contributed by atoms with Crippen molar-refractivity contribution in [3.05, 3.63) is 11.8 Å². The average Bonchev–Trinajstić information content (AvgIpc) is 2.71. The first-order chi connectivity index (χ1) is 9.06. The number of anilines is 1. The first kappa shape index (κ1) is 15.6. The number of unbranched alkanes of at least 4 members (excludes halogenated alkanes) is 4. The van der Waals surface area contributed by atoms with Crippen LogP contribution in [0.1, 0.15) is 51.0 Å². The molecule has 19 heavy (non-hydrogen) atoms. The van der Waals surface area contributed by atoms with Crippen molar-refractivity contribution < 1.29 is 4.79 Å². The van der Waals surface area contributed by atoms with Gasteiger partial charge < -0.3 is 11.1 Å². The molecule has 0 radical (unpaired) electrons. The minimum atomic E-state index is -0.0161. The van der Waals surface area contributed by atoms with Crippen molar-refractivity contribution in [1.29, 1.82) is 0 Å². The van der Waals surface area contributed by atoms with E-state index in [1.165, 1.54) is 19.3 Å². The number of amides is 1. The van der Waals surface area contributed by atoms with Crippen molar-refractivity contribution >= 4 is 28.9 Å². The number of aryl methyl sites for hydroxylation is 1. The van der Waals surface area contributed by atoms with Crippen molar-refractivity contribution in [2.75, 3.05) is 5.32 Å². The molecule has 1 heterocycles. The van der Waals surface area contributed by atoms with Gasteiger partial charge in [-0.1, -0.05) is 44.8 Å². The van der Waals surface area contributed by atoms with Gasteiger partial charge in [-0.25, -0.2) is 0 Å². The number of thiocarbonyl (C=S) groups is 1. The molecule has 0 fully saturated rings. The molecule has 0 saturated carbocycles.